The van der Waals surface area contributed by atoms with Gasteiger partial charge in [0, 0.05) is 25.2 Å². The highest BCUT2D eigenvalue weighted by Gasteiger charge is 2.31. The minimum absolute atomic E-state index is 0.0873. The molecule has 0 aromatic carbocycles. The van der Waals surface area contributed by atoms with Crippen LogP contribution in [0.15, 0.2) is 12.4 Å². The van der Waals surface area contributed by atoms with E-state index in [1.54, 1.807) is 0 Å². The van der Waals surface area contributed by atoms with Crippen molar-refractivity contribution in [1.82, 2.24) is 15.3 Å². The molecule has 0 aliphatic carbocycles. The minimum Gasteiger partial charge on any atom is -0.369 e. The molecule has 21 heavy (non-hydrogen) atoms. The Bertz CT molecular complexity index is 464. The molecule has 5 heteroatoms. The van der Waals surface area contributed by atoms with Crippen LogP contribution in [0.1, 0.15) is 47.2 Å². The van der Waals surface area contributed by atoms with Crippen LogP contribution in [-0.4, -0.2) is 40.3 Å². The van der Waals surface area contributed by atoms with E-state index in [0.717, 1.165) is 31.1 Å². The summed E-state index contributed by atoms with van der Waals surface area (Å²) in [5.41, 5.74) is 0.907. The molecule has 1 aliphatic heterocycles. The van der Waals surface area contributed by atoms with Gasteiger partial charge < -0.3 is 15.0 Å². The summed E-state index contributed by atoms with van der Waals surface area (Å²) in [6, 6.07) is 0. The SMILES string of the molecule is CC1CN(c2cnc(CNC(C)(C)C)cn2)CC(C)(C)O1. The zero-order valence-electron chi connectivity index (χ0n) is 14.1. The van der Waals surface area contributed by atoms with Crippen LogP contribution in [0, 0.1) is 0 Å². The Kier molecular flexibility index (Phi) is 4.54. The Balaban J connectivity index is 2.01. The molecule has 0 amide bonds. The molecule has 1 fully saturated rings. The molecule has 118 valence electrons. The molecule has 5 nitrogen and oxygen atoms in total. The lowest BCUT2D eigenvalue weighted by Crippen LogP contribution is -2.52. The molecule has 1 aromatic heterocycles. The van der Waals surface area contributed by atoms with E-state index in [-0.39, 0.29) is 17.2 Å². The zero-order chi connectivity index (χ0) is 15.7. The largest absolute Gasteiger partial charge is 0.369 e. The predicted molar refractivity (Wildman–Crippen MR) is 85.5 cm³/mol. The third kappa shape index (κ3) is 4.93. The van der Waals surface area contributed by atoms with Gasteiger partial charge in [-0.05, 0) is 41.5 Å². The second-order valence-electron chi connectivity index (χ2n) is 7.54. The highest BCUT2D eigenvalue weighted by atomic mass is 16.5. The first-order chi connectivity index (χ1) is 9.65. The molecule has 0 spiro atoms. The first-order valence-electron chi connectivity index (χ1n) is 7.63. The van der Waals surface area contributed by atoms with Gasteiger partial charge in [-0.3, -0.25) is 4.98 Å². The first-order valence-corrected chi connectivity index (χ1v) is 7.63. The van der Waals surface area contributed by atoms with Crippen molar-refractivity contribution in [2.24, 2.45) is 0 Å². The van der Waals surface area contributed by atoms with Crippen LogP contribution in [0.4, 0.5) is 5.82 Å². The number of morpholine rings is 1. The molecule has 1 unspecified atom stereocenters. The van der Waals surface area contributed by atoms with Crippen molar-refractivity contribution in [2.45, 2.75) is 65.3 Å². The van der Waals surface area contributed by atoms with Gasteiger partial charge in [-0.2, -0.15) is 0 Å². The van der Waals surface area contributed by atoms with Crippen molar-refractivity contribution >= 4 is 5.82 Å². The molecule has 2 rings (SSSR count). The summed E-state index contributed by atoms with van der Waals surface area (Å²) in [5, 5.41) is 3.42. The monoisotopic (exact) mass is 292 g/mol. The van der Waals surface area contributed by atoms with Gasteiger partial charge in [-0.1, -0.05) is 0 Å². The number of hydrogen-bond donors (Lipinski definition) is 1. The molecular formula is C16H28N4O. The van der Waals surface area contributed by atoms with E-state index in [0.29, 0.717) is 0 Å². The lowest BCUT2D eigenvalue weighted by atomic mass is 10.1. The Hall–Kier alpha value is -1.20. The number of rotatable bonds is 3. The molecule has 1 N–H and O–H groups in total. The summed E-state index contributed by atoms with van der Waals surface area (Å²) in [4.78, 5) is 11.3. The lowest BCUT2D eigenvalue weighted by Gasteiger charge is -2.42. The van der Waals surface area contributed by atoms with Crippen molar-refractivity contribution in [1.29, 1.82) is 0 Å². The Morgan fingerprint density at radius 3 is 2.57 bits per heavy atom. The normalized spacial score (nSPS) is 22.4. The minimum atomic E-state index is -0.147. The smallest absolute Gasteiger partial charge is 0.147 e. The van der Waals surface area contributed by atoms with Gasteiger partial charge in [0.25, 0.3) is 0 Å². The van der Waals surface area contributed by atoms with Gasteiger partial charge in [0.15, 0.2) is 0 Å². The van der Waals surface area contributed by atoms with Crippen molar-refractivity contribution < 1.29 is 4.74 Å². The average molecular weight is 292 g/mol. The van der Waals surface area contributed by atoms with Crippen molar-refractivity contribution in [3.05, 3.63) is 18.1 Å². The number of nitrogens with zero attached hydrogens (tertiary/aromatic N) is 3. The van der Waals surface area contributed by atoms with Crippen LogP contribution in [0.5, 0.6) is 0 Å². The molecule has 2 heterocycles. The van der Waals surface area contributed by atoms with E-state index in [1.165, 1.54) is 0 Å². The fourth-order valence-corrected chi connectivity index (χ4v) is 2.59. The third-order valence-electron chi connectivity index (χ3n) is 3.38. The number of anilines is 1. The summed E-state index contributed by atoms with van der Waals surface area (Å²) in [6.07, 6.45) is 3.94. The van der Waals surface area contributed by atoms with Crippen LogP contribution in [0.25, 0.3) is 0 Å². The van der Waals surface area contributed by atoms with Crippen LogP contribution >= 0.6 is 0 Å². The van der Waals surface area contributed by atoms with Gasteiger partial charge >= 0.3 is 0 Å². The van der Waals surface area contributed by atoms with Gasteiger partial charge in [-0.15, -0.1) is 0 Å². The fraction of sp³-hybridized carbons (Fsp3) is 0.750. The molecule has 1 aliphatic rings. The maximum Gasteiger partial charge on any atom is 0.147 e. The topological polar surface area (TPSA) is 50.3 Å². The molecule has 0 bridgehead atoms. The number of hydrogen-bond acceptors (Lipinski definition) is 5. The number of nitrogens with one attached hydrogen (secondary N) is 1. The maximum atomic E-state index is 5.93. The zero-order valence-corrected chi connectivity index (χ0v) is 14.1. The Labute approximate surface area is 128 Å². The average Bonchev–Trinajstić information content (AvgIpc) is 2.33. The van der Waals surface area contributed by atoms with Gasteiger partial charge in [0.1, 0.15) is 5.82 Å². The molecule has 1 saturated heterocycles. The van der Waals surface area contributed by atoms with Crippen LogP contribution < -0.4 is 10.2 Å². The summed E-state index contributed by atoms with van der Waals surface area (Å²) >= 11 is 0. The van der Waals surface area contributed by atoms with E-state index < -0.39 is 0 Å². The highest BCUT2D eigenvalue weighted by Crippen LogP contribution is 2.24. The van der Waals surface area contributed by atoms with Gasteiger partial charge in [0.05, 0.1) is 29.8 Å². The van der Waals surface area contributed by atoms with Crippen LogP contribution in [-0.2, 0) is 11.3 Å². The Morgan fingerprint density at radius 2 is 2.05 bits per heavy atom. The summed E-state index contributed by atoms with van der Waals surface area (Å²) in [5.74, 6) is 0.928. The quantitative estimate of drug-likeness (QED) is 0.927. The Morgan fingerprint density at radius 1 is 1.33 bits per heavy atom. The van der Waals surface area contributed by atoms with Gasteiger partial charge in [-0.25, -0.2) is 4.98 Å². The number of ether oxygens (including phenoxy) is 1. The second kappa shape index (κ2) is 5.89. The van der Waals surface area contributed by atoms with Crippen LogP contribution in [0.3, 0.4) is 0 Å². The van der Waals surface area contributed by atoms with E-state index in [1.807, 2.05) is 12.4 Å². The molecule has 1 aromatic rings. The van der Waals surface area contributed by atoms with E-state index >= 15 is 0 Å². The third-order valence-corrected chi connectivity index (χ3v) is 3.38. The molecule has 0 radical (unpaired) electrons. The maximum absolute atomic E-state index is 5.93. The summed E-state index contributed by atoms with van der Waals surface area (Å²) < 4.78 is 5.93. The van der Waals surface area contributed by atoms with Crippen LogP contribution in [0.2, 0.25) is 0 Å². The van der Waals surface area contributed by atoms with Crippen molar-refractivity contribution in [3.8, 4) is 0 Å². The standard InChI is InChI=1S/C16H28N4O/c1-12-10-20(11-16(5,6)21-12)14-9-17-13(7-18-14)8-19-15(2,3)4/h7,9,12,19H,8,10-11H2,1-6H3. The van der Waals surface area contributed by atoms with E-state index in [9.17, 15) is 0 Å². The number of aromatic nitrogens is 2. The highest BCUT2D eigenvalue weighted by molar-refractivity contribution is 5.37. The molecule has 1 atom stereocenters. The van der Waals surface area contributed by atoms with E-state index in [4.69, 9.17) is 4.74 Å². The van der Waals surface area contributed by atoms with Crippen molar-refractivity contribution in [2.75, 3.05) is 18.0 Å². The molecule has 0 saturated carbocycles. The predicted octanol–water partition coefficient (Wildman–Crippen LogP) is 2.37. The van der Waals surface area contributed by atoms with Crippen molar-refractivity contribution in [3.63, 3.8) is 0 Å². The van der Waals surface area contributed by atoms with Gasteiger partial charge in [0.2, 0.25) is 0 Å². The lowest BCUT2D eigenvalue weighted by molar-refractivity contribution is -0.0751. The molecular weight excluding hydrogens is 264 g/mol. The summed E-state index contributed by atoms with van der Waals surface area (Å²) in [7, 11) is 0. The fourth-order valence-electron chi connectivity index (χ4n) is 2.59. The summed E-state index contributed by atoms with van der Waals surface area (Å²) in [6.45, 7) is 15.2. The van der Waals surface area contributed by atoms with E-state index in [2.05, 4.69) is 61.7 Å². The second-order valence-corrected chi connectivity index (χ2v) is 7.54. The first kappa shape index (κ1) is 16.2.